The summed E-state index contributed by atoms with van der Waals surface area (Å²) in [6.45, 7) is 8.64. The molecule has 2 fully saturated rings. The lowest BCUT2D eigenvalue weighted by atomic mass is 9.91. The van der Waals surface area contributed by atoms with E-state index in [2.05, 4.69) is 28.7 Å². The average Bonchev–Trinajstić information content (AvgIpc) is 2.97. The van der Waals surface area contributed by atoms with E-state index in [9.17, 15) is 4.79 Å². The minimum atomic E-state index is -0.263. The zero-order chi connectivity index (χ0) is 18.4. The van der Waals surface area contributed by atoms with E-state index in [0.717, 1.165) is 69.8 Å². The number of ether oxygens (including phenoxy) is 1. The predicted molar refractivity (Wildman–Crippen MR) is 101 cm³/mol. The molecule has 0 bridgehead atoms. The third-order valence-electron chi connectivity index (χ3n) is 5.57. The van der Waals surface area contributed by atoms with Gasteiger partial charge in [-0.05, 0) is 6.42 Å². The van der Waals surface area contributed by atoms with Crippen molar-refractivity contribution in [2.24, 2.45) is 0 Å². The molecule has 0 radical (unpaired) electrons. The minimum Gasteiger partial charge on any atom is -0.441 e. The van der Waals surface area contributed by atoms with E-state index in [1.807, 2.05) is 17.3 Å². The van der Waals surface area contributed by atoms with Crippen molar-refractivity contribution in [2.75, 3.05) is 26.2 Å². The van der Waals surface area contributed by atoms with Gasteiger partial charge in [0.1, 0.15) is 11.4 Å². The van der Waals surface area contributed by atoms with Crippen LogP contribution in [0.2, 0.25) is 0 Å². The number of carbonyl (C=O) groups excluding carboxylic acids is 1. The van der Waals surface area contributed by atoms with Crippen LogP contribution in [0.15, 0.2) is 12.4 Å². The van der Waals surface area contributed by atoms with Gasteiger partial charge in [-0.1, -0.05) is 33.1 Å². The number of rotatable bonds is 8. The van der Waals surface area contributed by atoms with Crippen molar-refractivity contribution >= 4 is 6.09 Å². The fraction of sp³-hybridized carbons (Fsp3) is 0.750. The van der Waals surface area contributed by atoms with Gasteiger partial charge in [0.25, 0.3) is 0 Å². The number of nitrogens with zero attached hydrogens (tertiary/aromatic N) is 4. The number of hydrogen-bond donors (Lipinski definition) is 0. The average molecular weight is 361 g/mol. The second-order valence-corrected chi connectivity index (χ2v) is 7.67. The molecule has 3 rings (SSSR count). The van der Waals surface area contributed by atoms with Gasteiger partial charge in [-0.2, -0.15) is 0 Å². The Bertz CT molecular complexity index is 582. The SMILES string of the molecule is CCCCCCN1CC2(CCN(Cc3cnc(CC)nc3)CC2)OC1=O. The molecule has 1 aromatic heterocycles. The maximum atomic E-state index is 12.2. The van der Waals surface area contributed by atoms with Crippen molar-refractivity contribution in [1.82, 2.24) is 19.8 Å². The maximum Gasteiger partial charge on any atom is 0.410 e. The Balaban J connectivity index is 1.46. The van der Waals surface area contributed by atoms with E-state index in [4.69, 9.17) is 4.74 Å². The third-order valence-corrected chi connectivity index (χ3v) is 5.57. The maximum absolute atomic E-state index is 12.2. The van der Waals surface area contributed by atoms with E-state index < -0.39 is 0 Å². The summed E-state index contributed by atoms with van der Waals surface area (Å²) < 4.78 is 5.82. The highest BCUT2D eigenvalue weighted by Gasteiger charge is 2.46. The molecule has 2 aliphatic rings. The van der Waals surface area contributed by atoms with Gasteiger partial charge in [0, 0.05) is 63.4 Å². The van der Waals surface area contributed by atoms with Gasteiger partial charge in [0.2, 0.25) is 0 Å². The van der Waals surface area contributed by atoms with Crippen LogP contribution in [-0.4, -0.2) is 57.6 Å². The number of piperidine rings is 1. The van der Waals surface area contributed by atoms with Gasteiger partial charge in [0.05, 0.1) is 6.54 Å². The van der Waals surface area contributed by atoms with Crippen LogP contribution in [0, 0.1) is 0 Å². The molecule has 1 aromatic rings. The number of amides is 1. The van der Waals surface area contributed by atoms with Crippen molar-refractivity contribution in [1.29, 1.82) is 0 Å². The predicted octanol–water partition coefficient (Wildman–Crippen LogP) is 3.41. The first-order chi connectivity index (χ1) is 12.6. The van der Waals surface area contributed by atoms with Crippen LogP contribution in [0.3, 0.4) is 0 Å². The van der Waals surface area contributed by atoms with E-state index >= 15 is 0 Å². The van der Waals surface area contributed by atoms with Crippen molar-refractivity contribution in [2.45, 2.75) is 70.9 Å². The van der Waals surface area contributed by atoms with Crippen molar-refractivity contribution < 1.29 is 9.53 Å². The molecule has 1 amide bonds. The Hall–Kier alpha value is -1.69. The Morgan fingerprint density at radius 2 is 1.85 bits per heavy atom. The number of unbranched alkanes of at least 4 members (excludes halogenated alkanes) is 3. The van der Waals surface area contributed by atoms with Crippen LogP contribution in [0.4, 0.5) is 4.79 Å². The fourth-order valence-electron chi connectivity index (χ4n) is 3.88. The van der Waals surface area contributed by atoms with Gasteiger partial charge in [0.15, 0.2) is 0 Å². The van der Waals surface area contributed by atoms with Gasteiger partial charge in [-0.3, -0.25) is 4.90 Å². The molecule has 2 aliphatic heterocycles. The first kappa shape index (κ1) is 19.1. The van der Waals surface area contributed by atoms with Crippen LogP contribution in [0.5, 0.6) is 0 Å². The minimum absolute atomic E-state index is 0.112. The van der Waals surface area contributed by atoms with Crippen molar-refractivity contribution in [3.05, 3.63) is 23.8 Å². The first-order valence-corrected chi connectivity index (χ1v) is 10.1. The molecule has 0 atom stereocenters. The summed E-state index contributed by atoms with van der Waals surface area (Å²) in [6, 6.07) is 0. The number of aromatic nitrogens is 2. The highest BCUT2D eigenvalue weighted by Crippen LogP contribution is 2.33. The Kier molecular flexibility index (Phi) is 6.46. The quantitative estimate of drug-likeness (QED) is 0.665. The highest BCUT2D eigenvalue weighted by atomic mass is 16.6. The Labute approximate surface area is 156 Å². The lowest BCUT2D eigenvalue weighted by molar-refractivity contribution is -0.00128. The summed E-state index contributed by atoms with van der Waals surface area (Å²) in [6.07, 6.45) is 11.2. The molecule has 6 nitrogen and oxygen atoms in total. The molecule has 0 N–H and O–H groups in total. The van der Waals surface area contributed by atoms with Crippen molar-refractivity contribution in [3.63, 3.8) is 0 Å². The van der Waals surface area contributed by atoms with Crippen LogP contribution in [-0.2, 0) is 17.7 Å². The Morgan fingerprint density at radius 3 is 2.50 bits per heavy atom. The monoisotopic (exact) mass is 360 g/mol. The van der Waals surface area contributed by atoms with Gasteiger partial charge >= 0.3 is 6.09 Å². The summed E-state index contributed by atoms with van der Waals surface area (Å²) in [7, 11) is 0. The number of carbonyl (C=O) groups is 1. The molecule has 26 heavy (non-hydrogen) atoms. The van der Waals surface area contributed by atoms with Crippen molar-refractivity contribution in [3.8, 4) is 0 Å². The molecule has 6 heteroatoms. The molecular formula is C20H32N4O2. The third kappa shape index (κ3) is 4.72. The summed E-state index contributed by atoms with van der Waals surface area (Å²) >= 11 is 0. The largest absolute Gasteiger partial charge is 0.441 e. The molecule has 144 valence electrons. The Morgan fingerprint density at radius 1 is 1.12 bits per heavy atom. The van der Waals surface area contributed by atoms with E-state index in [-0.39, 0.29) is 11.7 Å². The smallest absolute Gasteiger partial charge is 0.410 e. The van der Waals surface area contributed by atoms with Gasteiger partial charge in [-0.25, -0.2) is 14.8 Å². The van der Waals surface area contributed by atoms with Crippen LogP contribution < -0.4 is 0 Å². The standard InChI is InChI=1S/C20H32N4O2/c1-3-5-6-7-10-24-16-20(26-19(24)25)8-11-23(12-9-20)15-17-13-21-18(4-2)22-14-17/h13-14H,3-12,15-16H2,1-2H3. The molecule has 0 unspecified atom stereocenters. The molecule has 0 aromatic carbocycles. The molecule has 0 aliphatic carbocycles. The molecule has 0 saturated carbocycles. The van der Waals surface area contributed by atoms with E-state index in [1.165, 1.54) is 19.3 Å². The number of hydrogen-bond acceptors (Lipinski definition) is 5. The van der Waals surface area contributed by atoms with E-state index in [1.54, 1.807) is 0 Å². The highest BCUT2D eigenvalue weighted by molar-refractivity contribution is 5.70. The topological polar surface area (TPSA) is 58.6 Å². The zero-order valence-corrected chi connectivity index (χ0v) is 16.2. The molecule has 3 heterocycles. The normalized spacial score (nSPS) is 19.9. The number of likely N-dealkylation sites (tertiary alicyclic amines) is 1. The van der Waals surface area contributed by atoms with Crippen LogP contribution in [0.1, 0.15) is 63.8 Å². The summed E-state index contributed by atoms with van der Waals surface area (Å²) in [5.41, 5.74) is 0.889. The first-order valence-electron chi connectivity index (χ1n) is 10.1. The molecule has 2 saturated heterocycles. The number of aryl methyl sites for hydroxylation is 1. The fourth-order valence-corrected chi connectivity index (χ4v) is 3.88. The second kappa shape index (κ2) is 8.80. The lowest BCUT2D eigenvalue weighted by Crippen LogP contribution is -2.46. The van der Waals surface area contributed by atoms with Crippen LogP contribution in [0.25, 0.3) is 0 Å². The molecule has 1 spiro atoms. The molecular weight excluding hydrogens is 328 g/mol. The summed E-state index contributed by atoms with van der Waals surface area (Å²) in [4.78, 5) is 25.3. The van der Waals surface area contributed by atoms with Gasteiger partial charge in [-0.15, -0.1) is 0 Å². The second-order valence-electron chi connectivity index (χ2n) is 7.67. The lowest BCUT2D eigenvalue weighted by Gasteiger charge is -2.37. The van der Waals surface area contributed by atoms with Gasteiger partial charge < -0.3 is 9.64 Å². The van der Waals surface area contributed by atoms with Crippen LogP contribution >= 0.6 is 0 Å². The summed E-state index contributed by atoms with van der Waals surface area (Å²) in [5.74, 6) is 0.892. The van der Waals surface area contributed by atoms with E-state index in [0.29, 0.717) is 0 Å². The summed E-state index contributed by atoms with van der Waals surface area (Å²) in [5, 5.41) is 0. The zero-order valence-electron chi connectivity index (χ0n) is 16.2.